The molecule has 0 radical (unpaired) electrons. The van der Waals surface area contributed by atoms with Gasteiger partial charge in [0.1, 0.15) is 11.5 Å². The summed E-state index contributed by atoms with van der Waals surface area (Å²) in [7, 11) is 1.54. The van der Waals surface area contributed by atoms with E-state index in [-0.39, 0.29) is 12.5 Å². The van der Waals surface area contributed by atoms with Crippen molar-refractivity contribution >= 4 is 11.6 Å². The van der Waals surface area contributed by atoms with Crippen LogP contribution in [0.4, 0.5) is 5.69 Å². The number of hydrogen-bond donors (Lipinski definition) is 1. The average molecular weight is 282 g/mol. The summed E-state index contributed by atoms with van der Waals surface area (Å²) in [6.45, 7) is -0.121. The molecule has 0 aliphatic heterocycles. The molecule has 21 heavy (non-hydrogen) atoms. The van der Waals surface area contributed by atoms with Crippen LogP contribution in [0.1, 0.15) is 5.56 Å². The van der Waals surface area contributed by atoms with Crippen LogP contribution in [0.25, 0.3) is 0 Å². The molecule has 5 nitrogen and oxygen atoms in total. The molecule has 0 aromatic heterocycles. The Bertz CT molecular complexity index is 660. The molecule has 0 atom stereocenters. The topological polar surface area (TPSA) is 71.3 Å². The van der Waals surface area contributed by atoms with Crippen LogP contribution in [0.15, 0.2) is 48.5 Å². The molecule has 0 bridgehead atoms. The van der Waals surface area contributed by atoms with E-state index in [0.29, 0.717) is 22.7 Å². The number of ether oxygens (including phenoxy) is 2. The molecule has 1 N–H and O–H groups in total. The SMILES string of the molecule is COc1ccccc1NC(=O)COc1ccc(C#N)cc1. The van der Waals surface area contributed by atoms with E-state index in [1.165, 1.54) is 7.11 Å². The predicted octanol–water partition coefficient (Wildman–Crippen LogP) is 2.58. The second-order valence-electron chi connectivity index (χ2n) is 4.17. The number of para-hydroxylation sites is 2. The third-order valence-corrected chi connectivity index (χ3v) is 2.73. The quantitative estimate of drug-likeness (QED) is 0.915. The number of rotatable bonds is 5. The van der Waals surface area contributed by atoms with Gasteiger partial charge in [0.05, 0.1) is 24.4 Å². The minimum atomic E-state index is -0.288. The fraction of sp³-hybridized carbons (Fsp3) is 0.125. The maximum absolute atomic E-state index is 11.8. The van der Waals surface area contributed by atoms with Crippen molar-refractivity contribution in [3.8, 4) is 17.6 Å². The number of benzene rings is 2. The molecule has 0 unspecified atom stereocenters. The number of nitriles is 1. The monoisotopic (exact) mass is 282 g/mol. The van der Waals surface area contributed by atoms with E-state index in [2.05, 4.69) is 5.32 Å². The molecular formula is C16H14N2O3. The highest BCUT2D eigenvalue weighted by molar-refractivity contribution is 5.93. The van der Waals surface area contributed by atoms with Gasteiger partial charge in [-0.2, -0.15) is 5.26 Å². The van der Waals surface area contributed by atoms with Crippen LogP contribution in [0.2, 0.25) is 0 Å². The Labute approximate surface area is 122 Å². The molecule has 2 aromatic rings. The second kappa shape index (κ2) is 6.96. The molecule has 106 valence electrons. The zero-order valence-electron chi connectivity index (χ0n) is 11.5. The van der Waals surface area contributed by atoms with Crippen LogP contribution >= 0.6 is 0 Å². The first kappa shape index (κ1) is 14.4. The third-order valence-electron chi connectivity index (χ3n) is 2.73. The van der Waals surface area contributed by atoms with E-state index in [1.807, 2.05) is 12.1 Å². The van der Waals surface area contributed by atoms with Crippen LogP contribution in [0, 0.1) is 11.3 Å². The Morgan fingerprint density at radius 1 is 1.19 bits per heavy atom. The summed E-state index contributed by atoms with van der Waals surface area (Å²) in [6.07, 6.45) is 0. The number of anilines is 1. The highest BCUT2D eigenvalue weighted by Gasteiger charge is 2.07. The maximum Gasteiger partial charge on any atom is 0.262 e. The van der Waals surface area contributed by atoms with E-state index in [4.69, 9.17) is 14.7 Å². The van der Waals surface area contributed by atoms with Gasteiger partial charge in [0.2, 0.25) is 0 Å². The molecule has 1 amide bonds. The summed E-state index contributed by atoms with van der Waals surface area (Å²) in [6, 6.07) is 15.7. The highest BCUT2D eigenvalue weighted by atomic mass is 16.5. The summed E-state index contributed by atoms with van der Waals surface area (Å²) >= 11 is 0. The van der Waals surface area contributed by atoms with Gasteiger partial charge in [-0.15, -0.1) is 0 Å². The first-order valence-electron chi connectivity index (χ1n) is 6.29. The highest BCUT2D eigenvalue weighted by Crippen LogP contribution is 2.22. The molecule has 0 saturated heterocycles. The summed E-state index contributed by atoms with van der Waals surface area (Å²) in [5.41, 5.74) is 1.13. The molecule has 0 fully saturated rings. The predicted molar refractivity (Wildman–Crippen MR) is 78.3 cm³/mol. The molecule has 0 aliphatic carbocycles. The minimum Gasteiger partial charge on any atom is -0.495 e. The zero-order chi connectivity index (χ0) is 15.1. The molecular weight excluding hydrogens is 268 g/mol. The van der Waals surface area contributed by atoms with Crippen LogP contribution in [-0.2, 0) is 4.79 Å². The van der Waals surface area contributed by atoms with Crippen molar-refractivity contribution in [3.63, 3.8) is 0 Å². The average Bonchev–Trinajstić information content (AvgIpc) is 2.54. The number of methoxy groups -OCH3 is 1. The van der Waals surface area contributed by atoms with Gasteiger partial charge in [-0.25, -0.2) is 0 Å². The van der Waals surface area contributed by atoms with E-state index in [9.17, 15) is 4.79 Å². The Balaban J connectivity index is 1.91. The Hall–Kier alpha value is -3.00. The van der Waals surface area contributed by atoms with Crippen LogP contribution < -0.4 is 14.8 Å². The number of nitrogens with one attached hydrogen (secondary N) is 1. The van der Waals surface area contributed by atoms with Gasteiger partial charge in [-0.3, -0.25) is 4.79 Å². The normalized spacial score (nSPS) is 9.52. The lowest BCUT2D eigenvalue weighted by Gasteiger charge is -2.10. The van der Waals surface area contributed by atoms with Gasteiger partial charge in [0, 0.05) is 0 Å². The number of carbonyl (C=O) groups is 1. The Morgan fingerprint density at radius 2 is 1.90 bits per heavy atom. The van der Waals surface area contributed by atoms with Gasteiger partial charge < -0.3 is 14.8 Å². The first-order valence-corrected chi connectivity index (χ1v) is 6.29. The number of nitrogens with zero attached hydrogens (tertiary/aromatic N) is 1. The second-order valence-corrected chi connectivity index (χ2v) is 4.17. The number of amides is 1. The Morgan fingerprint density at radius 3 is 2.57 bits per heavy atom. The van der Waals surface area contributed by atoms with Gasteiger partial charge in [0.25, 0.3) is 5.91 Å². The third kappa shape index (κ3) is 3.98. The zero-order valence-corrected chi connectivity index (χ0v) is 11.5. The lowest BCUT2D eigenvalue weighted by atomic mass is 10.2. The van der Waals surface area contributed by atoms with E-state index < -0.39 is 0 Å². The lowest BCUT2D eigenvalue weighted by Crippen LogP contribution is -2.20. The van der Waals surface area contributed by atoms with Gasteiger partial charge in [-0.05, 0) is 36.4 Å². The minimum absolute atomic E-state index is 0.121. The van der Waals surface area contributed by atoms with Crippen LogP contribution in [0.5, 0.6) is 11.5 Å². The fourth-order valence-corrected chi connectivity index (χ4v) is 1.71. The van der Waals surface area contributed by atoms with Crippen molar-refractivity contribution in [2.45, 2.75) is 0 Å². The van der Waals surface area contributed by atoms with Crippen molar-refractivity contribution in [3.05, 3.63) is 54.1 Å². The van der Waals surface area contributed by atoms with E-state index in [0.717, 1.165) is 0 Å². The smallest absolute Gasteiger partial charge is 0.262 e. The summed E-state index contributed by atoms with van der Waals surface area (Å²) in [5.74, 6) is 0.831. The van der Waals surface area contributed by atoms with Crippen LogP contribution in [0.3, 0.4) is 0 Å². The summed E-state index contributed by atoms with van der Waals surface area (Å²) in [5, 5.41) is 11.4. The molecule has 0 aliphatic rings. The Kier molecular flexibility index (Phi) is 4.78. The van der Waals surface area contributed by atoms with Crippen molar-refractivity contribution < 1.29 is 14.3 Å². The first-order chi connectivity index (χ1) is 10.2. The van der Waals surface area contributed by atoms with Crippen LogP contribution in [-0.4, -0.2) is 19.6 Å². The maximum atomic E-state index is 11.8. The van der Waals surface area contributed by atoms with E-state index in [1.54, 1.807) is 42.5 Å². The van der Waals surface area contributed by atoms with Gasteiger partial charge >= 0.3 is 0 Å². The number of hydrogen-bond acceptors (Lipinski definition) is 4. The molecule has 0 heterocycles. The molecule has 5 heteroatoms. The summed E-state index contributed by atoms with van der Waals surface area (Å²) < 4.78 is 10.5. The van der Waals surface area contributed by atoms with Crippen molar-refractivity contribution in [2.75, 3.05) is 19.0 Å². The van der Waals surface area contributed by atoms with Crippen molar-refractivity contribution in [2.24, 2.45) is 0 Å². The number of carbonyl (C=O) groups excluding carboxylic acids is 1. The lowest BCUT2D eigenvalue weighted by molar-refractivity contribution is -0.118. The fourth-order valence-electron chi connectivity index (χ4n) is 1.71. The van der Waals surface area contributed by atoms with Gasteiger partial charge in [0.15, 0.2) is 6.61 Å². The standard InChI is InChI=1S/C16H14N2O3/c1-20-15-5-3-2-4-14(15)18-16(19)11-21-13-8-6-12(10-17)7-9-13/h2-9H,11H2,1H3,(H,18,19). The van der Waals surface area contributed by atoms with Gasteiger partial charge in [-0.1, -0.05) is 12.1 Å². The van der Waals surface area contributed by atoms with Crippen molar-refractivity contribution in [1.29, 1.82) is 5.26 Å². The molecule has 2 aromatic carbocycles. The molecule has 0 saturated carbocycles. The van der Waals surface area contributed by atoms with Crippen molar-refractivity contribution in [1.82, 2.24) is 0 Å². The molecule has 0 spiro atoms. The largest absolute Gasteiger partial charge is 0.495 e. The molecule has 2 rings (SSSR count). The summed E-state index contributed by atoms with van der Waals surface area (Å²) in [4.78, 5) is 11.8. The van der Waals surface area contributed by atoms with E-state index >= 15 is 0 Å².